The van der Waals surface area contributed by atoms with E-state index in [4.69, 9.17) is 15.2 Å². The molecule has 2 heterocycles. The van der Waals surface area contributed by atoms with E-state index in [2.05, 4.69) is 37.0 Å². The highest BCUT2D eigenvalue weighted by atomic mass is 16.6. The minimum Gasteiger partial charge on any atom is -0.479 e. The molecule has 2 aromatic rings. The van der Waals surface area contributed by atoms with Crippen molar-refractivity contribution in [3.8, 4) is 17.6 Å². The van der Waals surface area contributed by atoms with Gasteiger partial charge in [0.05, 0.1) is 24.1 Å². The van der Waals surface area contributed by atoms with Crippen molar-refractivity contribution in [1.29, 1.82) is 0 Å². The molecule has 2 amide bonds. The summed E-state index contributed by atoms with van der Waals surface area (Å²) < 4.78 is 11.4. The van der Waals surface area contributed by atoms with Gasteiger partial charge >= 0.3 is 6.09 Å². The first kappa shape index (κ1) is 28.7. The summed E-state index contributed by atoms with van der Waals surface area (Å²) in [6.45, 7) is 8.86. The number of rotatable bonds is 8. The smallest absolute Gasteiger partial charge is 0.410 e. The van der Waals surface area contributed by atoms with Crippen LogP contribution >= 0.6 is 0 Å². The van der Waals surface area contributed by atoms with Crippen LogP contribution in [0.15, 0.2) is 29.5 Å². The minimum absolute atomic E-state index is 0.0364. The maximum Gasteiger partial charge on any atom is 0.410 e. The van der Waals surface area contributed by atoms with Crippen molar-refractivity contribution < 1.29 is 19.1 Å². The van der Waals surface area contributed by atoms with E-state index < -0.39 is 11.5 Å². The Hall–Kier alpha value is -4.33. The number of benzene rings is 1. The predicted molar refractivity (Wildman–Crippen MR) is 155 cm³/mol. The molecule has 3 N–H and O–H groups in total. The van der Waals surface area contributed by atoms with Gasteiger partial charge < -0.3 is 30.3 Å². The fourth-order valence-electron chi connectivity index (χ4n) is 4.49. The van der Waals surface area contributed by atoms with Crippen molar-refractivity contribution >= 4 is 35.4 Å². The molecular weight excluding hydrogens is 510 g/mol. The van der Waals surface area contributed by atoms with Gasteiger partial charge in [0.1, 0.15) is 29.5 Å². The molecule has 1 aliphatic carbocycles. The van der Waals surface area contributed by atoms with Gasteiger partial charge in [-0.05, 0) is 53.0 Å². The van der Waals surface area contributed by atoms with Crippen LogP contribution < -0.4 is 20.7 Å². The van der Waals surface area contributed by atoms with Crippen LogP contribution in [0.5, 0.6) is 5.75 Å². The number of aliphatic imine (C=N–C) groups is 1. The quantitative estimate of drug-likeness (QED) is 0.290. The number of ether oxygens (including phenoxy) is 2. The Labute approximate surface area is 235 Å². The molecular formula is C29H37N7O4. The van der Waals surface area contributed by atoms with E-state index in [1.165, 1.54) is 6.20 Å². The second kappa shape index (κ2) is 12.2. The second-order valence-electron chi connectivity index (χ2n) is 10.8. The van der Waals surface area contributed by atoms with Crippen LogP contribution in [0.2, 0.25) is 0 Å². The zero-order chi connectivity index (χ0) is 28.9. The Morgan fingerprint density at radius 1 is 1.23 bits per heavy atom. The molecule has 4 rings (SSSR count). The van der Waals surface area contributed by atoms with Crippen LogP contribution in [-0.2, 0) is 4.74 Å². The fraction of sp³-hybridized carbons (Fsp3) is 0.483. The van der Waals surface area contributed by atoms with Gasteiger partial charge in [0.15, 0.2) is 0 Å². The van der Waals surface area contributed by atoms with E-state index in [9.17, 15) is 9.59 Å². The first-order chi connectivity index (χ1) is 19.1. The van der Waals surface area contributed by atoms with Gasteiger partial charge in [-0.2, -0.15) is 0 Å². The number of anilines is 3. The molecule has 1 aromatic heterocycles. The van der Waals surface area contributed by atoms with E-state index in [1.54, 1.807) is 38.5 Å². The molecule has 212 valence electrons. The maximum absolute atomic E-state index is 13.1. The third-order valence-electron chi connectivity index (χ3n) is 6.47. The van der Waals surface area contributed by atoms with E-state index in [0.29, 0.717) is 35.1 Å². The lowest BCUT2D eigenvalue weighted by molar-refractivity contribution is 0.0158. The Balaban J connectivity index is 1.44. The Morgan fingerprint density at radius 2 is 2.00 bits per heavy atom. The lowest BCUT2D eigenvalue weighted by atomic mass is 10.1. The number of aromatic nitrogens is 2. The molecule has 0 bridgehead atoms. The van der Waals surface area contributed by atoms with Crippen LogP contribution in [0, 0.1) is 11.8 Å². The molecule has 11 nitrogen and oxygen atoms in total. The number of nitrogens with zero attached hydrogens (tertiary/aromatic N) is 5. The molecule has 0 unspecified atom stereocenters. The number of nitrogens with two attached hydrogens (primary N) is 1. The lowest BCUT2D eigenvalue weighted by Crippen LogP contribution is -2.46. The Morgan fingerprint density at radius 3 is 2.62 bits per heavy atom. The number of amides is 2. The zero-order valence-electron chi connectivity index (χ0n) is 23.7. The molecule has 1 aliphatic heterocycles. The molecule has 2 fully saturated rings. The number of hydrogen-bond donors (Lipinski definition) is 2. The molecule has 1 atom stereocenters. The highest BCUT2D eigenvalue weighted by Gasteiger charge is 2.42. The van der Waals surface area contributed by atoms with Crippen LogP contribution in [0.1, 0.15) is 63.0 Å². The van der Waals surface area contributed by atoms with E-state index in [1.807, 2.05) is 25.7 Å². The van der Waals surface area contributed by atoms with Crippen LogP contribution in [0.4, 0.5) is 22.0 Å². The number of hydrogen-bond acceptors (Lipinski definition) is 9. The summed E-state index contributed by atoms with van der Waals surface area (Å²) >= 11 is 0. The molecule has 11 heteroatoms. The van der Waals surface area contributed by atoms with Crippen molar-refractivity contribution in [3.63, 3.8) is 0 Å². The van der Waals surface area contributed by atoms with E-state index >= 15 is 0 Å². The summed E-state index contributed by atoms with van der Waals surface area (Å²) in [6.07, 6.45) is 7.17. The first-order valence-electron chi connectivity index (χ1n) is 13.4. The third kappa shape index (κ3) is 7.20. The normalized spacial score (nSPS) is 16.8. The van der Waals surface area contributed by atoms with Gasteiger partial charge in [0.2, 0.25) is 0 Å². The Kier molecular flexibility index (Phi) is 8.77. The average Bonchev–Trinajstić information content (AvgIpc) is 3.61. The van der Waals surface area contributed by atoms with Crippen LogP contribution in [-0.4, -0.2) is 77.5 Å². The maximum atomic E-state index is 13.1. The zero-order valence-corrected chi connectivity index (χ0v) is 23.7. The number of carbonyl (C=O) groups is 2. The Bertz CT molecular complexity index is 1320. The first-order valence-corrected chi connectivity index (χ1v) is 13.4. The third-order valence-corrected chi connectivity index (χ3v) is 6.47. The molecule has 1 saturated carbocycles. The van der Waals surface area contributed by atoms with Crippen molar-refractivity contribution in [2.75, 3.05) is 42.7 Å². The van der Waals surface area contributed by atoms with Gasteiger partial charge in [0, 0.05) is 49.7 Å². The van der Waals surface area contributed by atoms with Gasteiger partial charge in [0.25, 0.3) is 5.91 Å². The van der Waals surface area contributed by atoms with Gasteiger partial charge in [-0.25, -0.2) is 14.8 Å². The molecule has 2 aliphatic rings. The highest BCUT2D eigenvalue weighted by molar-refractivity contribution is 6.04. The highest BCUT2D eigenvalue weighted by Crippen LogP contribution is 2.34. The topological polar surface area (TPSA) is 135 Å². The van der Waals surface area contributed by atoms with Crippen molar-refractivity contribution in [1.82, 2.24) is 14.9 Å². The van der Waals surface area contributed by atoms with Crippen molar-refractivity contribution in [2.24, 2.45) is 4.99 Å². The van der Waals surface area contributed by atoms with Crippen molar-refractivity contribution in [2.45, 2.75) is 64.6 Å². The summed E-state index contributed by atoms with van der Waals surface area (Å²) in [6, 6.07) is 3.59. The minimum atomic E-state index is -0.543. The van der Waals surface area contributed by atoms with E-state index in [0.717, 1.165) is 25.8 Å². The lowest BCUT2D eigenvalue weighted by Gasteiger charge is -2.31. The fourth-order valence-corrected chi connectivity index (χ4v) is 4.49. The van der Waals surface area contributed by atoms with Gasteiger partial charge in [-0.15, -0.1) is 5.92 Å². The van der Waals surface area contributed by atoms with Gasteiger partial charge in [-0.3, -0.25) is 9.79 Å². The van der Waals surface area contributed by atoms with Crippen LogP contribution in [0.25, 0.3) is 0 Å². The summed E-state index contributed by atoms with van der Waals surface area (Å²) in [4.78, 5) is 42.8. The monoisotopic (exact) mass is 547 g/mol. The number of carbonyl (C=O) groups excluding carboxylic acids is 2. The van der Waals surface area contributed by atoms with Crippen LogP contribution in [0.3, 0.4) is 0 Å². The molecule has 1 saturated heterocycles. The second-order valence-corrected chi connectivity index (χ2v) is 10.8. The van der Waals surface area contributed by atoms with E-state index in [-0.39, 0.29) is 30.5 Å². The summed E-state index contributed by atoms with van der Waals surface area (Å²) in [5.74, 6) is 6.19. The summed E-state index contributed by atoms with van der Waals surface area (Å²) in [5.41, 5.74) is 7.24. The predicted octanol–water partition coefficient (Wildman–Crippen LogP) is 3.74. The van der Waals surface area contributed by atoms with Crippen molar-refractivity contribution in [3.05, 3.63) is 35.8 Å². The SMILES string of the molecule is CC#CCOc1cc(N)c(C=NC)cc1NC(=O)c1cnc(N2CC[C@@H](N(C(=O)OC(C)(C)C)C3CC3)C2)cn1. The number of nitrogen functional groups attached to an aromatic ring is 1. The average molecular weight is 548 g/mol. The number of nitrogens with one attached hydrogen (secondary N) is 1. The molecule has 1 aromatic carbocycles. The van der Waals surface area contributed by atoms with Gasteiger partial charge in [-0.1, -0.05) is 5.92 Å². The largest absolute Gasteiger partial charge is 0.479 e. The molecule has 0 spiro atoms. The summed E-state index contributed by atoms with van der Waals surface area (Å²) in [5, 5.41) is 2.84. The standard InChI is InChI=1S/C29H37N7O4/c1-6-7-12-39-25-14-22(30)19(15-31-5)13-23(25)34-27(37)24-16-33-26(17-32-24)35-11-10-21(18-35)36(20-8-9-20)28(38)40-29(2,3)4/h13-17,20-21H,8-12,18,30H2,1-5H3,(H,34,37)/t21-/m1/s1. The molecule has 40 heavy (non-hydrogen) atoms. The summed E-state index contributed by atoms with van der Waals surface area (Å²) in [7, 11) is 1.64. The molecule has 0 radical (unpaired) electrons.